The van der Waals surface area contributed by atoms with Crippen molar-refractivity contribution in [2.75, 3.05) is 7.11 Å². The first-order chi connectivity index (χ1) is 5.63. The molecule has 0 bridgehead atoms. The van der Waals surface area contributed by atoms with Gasteiger partial charge in [-0.3, -0.25) is 0 Å². The molecule has 12 heavy (non-hydrogen) atoms. The van der Waals surface area contributed by atoms with E-state index in [0.29, 0.717) is 12.0 Å². The van der Waals surface area contributed by atoms with Crippen molar-refractivity contribution >= 4 is 5.97 Å². The van der Waals surface area contributed by atoms with E-state index in [1.54, 1.807) is 0 Å². The Hall–Kier alpha value is -0.870. The van der Waals surface area contributed by atoms with Crippen molar-refractivity contribution in [1.29, 1.82) is 0 Å². The van der Waals surface area contributed by atoms with Crippen LogP contribution in [0.5, 0.6) is 0 Å². The van der Waals surface area contributed by atoms with Gasteiger partial charge in [0.2, 0.25) is 0 Å². The summed E-state index contributed by atoms with van der Waals surface area (Å²) < 4.78 is 4.46. The van der Waals surface area contributed by atoms with Crippen LogP contribution in [0.4, 0.5) is 0 Å². The largest absolute Gasteiger partial charge is 0.466 e. The highest BCUT2D eigenvalue weighted by molar-refractivity contribution is 5.88. The van der Waals surface area contributed by atoms with Gasteiger partial charge in [-0.1, -0.05) is 0 Å². The molecule has 4 heteroatoms. The van der Waals surface area contributed by atoms with Gasteiger partial charge in [-0.15, -0.1) is 0 Å². The van der Waals surface area contributed by atoms with E-state index in [1.165, 1.54) is 13.2 Å². The third kappa shape index (κ3) is 2.06. The highest BCUT2D eigenvalue weighted by Gasteiger charge is 2.23. The van der Waals surface area contributed by atoms with Crippen molar-refractivity contribution in [2.45, 2.75) is 25.0 Å². The molecule has 0 spiro atoms. The molecule has 1 aliphatic carbocycles. The Morgan fingerprint density at radius 2 is 2.33 bits per heavy atom. The molecule has 1 rings (SSSR count). The molecule has 2 unspecified atom stereocenters. The fraction of sp³-hybridized carbons (Fsp3) is 0.625. The standard InChI is InChI=1S/C8H12O4/c1-12-8(11)5-2-6(9)4-7(10)3-5/h2,6-7,9-10H,3-4H2,1H3. The number of carbonyl (C=O) groups is 1. The van der Waals surface area contributed by atoms with Crippen molar-refractivity contribution in [1.82, 2.24) is 0 Å². The molecular formula is C8H12O4. The predicted molar refractivity (Wildman–Crippen MR) is 41.3 cm³/mol. The topological polar surface area (TPSA) is 66.8 Å². The maximum absolute atomic E-state index is 10.9. The number of esters is 1. The van der Waals surface area contributed by atoms with Crippen LogP contribution in [0.2, 0.25) is 0 Å². The zero-order chi connectivity index (χ0) is 9.14. The quantitative estimate of drug-likeness (QED) is 0.528. The van der Waals surface area contributed by atoms with Crippen molar-refractivity contribution in [3.05, 3.63) is 11.6 Å². The Morgan fingerprint density at radius 1 is 1.67 bits per heavy atom. The smallest absolute Gasteiger partial charge is 0.333 e. The highest BCUT2D eigenvalue weighted by atomic mass is 16.5. The molecule has 0 fully saturated rings. The van der Waals surface area contributed by atoms with E-state index in [0.717, 1.165) is 0 Å². The first kappa shape index (κ1) is 9.22. The van der Waals surface area contributed by atoms with Crippen molar-refractivity contribution < 1.29 is 19.7 Å². The molecular weight excluding hydrogens is 160 g/mol. The van der Waals surface area contributed by atoms with Gasteiger partial charge in [0.15, 0.2) is 0 Å². The second kappa shape index (κ2) is 3.69. The predicted octanol–water partition coefficient (Wildman–Crippen LogP) is -0.399. The Balaban J connectivity index is 2.69. The fourth-order valence-electron chi connectivity index (χ4n) is 1.27. The molecule has 0 heterocycles. The van der Waals surface area contributed by atoms with E-state index in [1.807, 2.05) is 0 Å². The molecule has 0 aliphatic heterocycles. The van der Waals surface area contributed by atoms with Gasteiger partial charge in [0, 0.05) is 18.4 Å². The van der Waals surface area contributed by atoms with Gasteiger partial charge in [0.25, 0.3) is 0 Å². The maximum atomic E-state index is 10.9. The van der Waals surface area contributed by atoms with Gasteiger partial charge in [-0.25, -0.2) is 4.79 Å². The summed E-state index contributed by atoms with van der Waals surface area (Å²) in [6.45, 7) is 0. The number of methoxy groups -OCH3 is 1. The minimum Gasteiger partial charge on any atom is -0.466 e. The summed E-state index contributed by atoms with van der Waals surface area (Å²) in [6.07, 6.45) is 0.616. The molecule has 2 atom stereocenters. The first-order valence-corrected chi connectivity index (χ1v) is 3.78. The van der Waals surface area contributed by atoms with Crippen LogP contribution in [0.1, 0.15) is 12.8 Å². The van der Waals surface area contributed by atoms with Crippen LogP contribution in [0.25, 0.3) is 0 Å². The lowest BCUT2D eigenvalue weighted by atomic mass is 9.95. The molecule has 4 nitrogen and oxygen atoms in total. The molecule has 0 aromatic carbocycles. The fourth-order valence-corrected chi connectivity index (χ4v) is 1.27. The summed E-state index contributed by atoms with van der Waals surface area (Å²) in [6, 6.07) is 0. The lowest BCUT2D eigenvalue weighted by Gasteiger charge is -2.20. The molecule has 0 aromatic rings. The molecule has 2 N–H and O–H groups in total. The monoisotopic (exact) mass is 172 g/mol. The van der Waals surface area contributed by atoms with Crippen LogP contribution in [-0.4, -0.2) is 35.5 Å². The highest BCUT2D eigenvalue weighted by Crippen LogP contribution is 2.19. The van der Waals surface area contributed by atoms with Crippen LogP contribution in [0.15, 0.2) is 11.6 Å². The van der Waals surface area contributed by atoms with Crippen LogP contribution < -0.4 is 0 Å². The maximum Gasteiger partial charge on any atom is 0.333 e. The summed E-state index contributed by atoms with van der Waals surface area (Å²) in [5.41, 5.74) is 0.351. The van der Waals surface area contributed by atoms with Gasteiger partial charge in [-0.05, 0) is 6.08 Å². The van der Waals surface area contributed by atoms with Gasteiger partial charge >= 0.3 is 5.97 Å². The average Bonchev–Trinajstić information content (AvgIpc) is 2.01. The zero-order valence-corrected chi connectivity index (χ0v) is 6.86. The molecule has 68 valence electrons. The van der Waals surface area contributed by atoms with Crippen molar-refractivity contribution in [2.24, 2.45) is 0 Å². The van der Waals surface area contributed by atoms with Gasteiger partial charge < -0.3 is 14.9 Å². The van der Waals surface area contributed by atoms with E-state index >= 15 is 0 Å². The van der Waals surface area contributed by atoms with Gasteiger partial charge in [0.05, 0.1) is 19.3 Å². The minimum absolute atomic E-state index is 0.268. The van der Waals surface area contributed by atoms with E-state index in [4.69, 9.17) is 5.11 Å². The minimum atomic E-state index is -0.733. The van der Waals surface area contributed by atoms with Crippen molar-refractivity contribution in [3.8, 4) is 0 Å². The van der Waals surface area contributed by atoms with E-state index < -0.39 is 18.2 Å². The van der Waals surface area contributed by atoms with E-state index in [-0.39, 0.29) is 6.42 Å². The summed E-state index contributed by atoms with van der Waals surface area (Å²) in [7, 11) is 1.27. The SMILES string of the molecule is COC(=O)C1=CC(O)CC(O)C1. The molecule has 0 saturated heterocycles. The van der Waals surface area contributed by atoms with Crippen LogP contribution >= 0.6 is 0 Å². The second-order valence-corrected chi connectivity index (χ2v) is 2.84. The Labute approximate surface area is 70.5 Å². The second-order valence-electron chi connectivity index (χ2n) is 2.84. The number of hydrogen-bond donors (Lipinski definition) is 2. The summed E-state index contributed by atoms with van der Waals surface area (Å²) in [5.74, 6) is -0.479. The molecule has 1 aliphatic rings. The first-order valence-electron chi connectivity index (χ1n) is 3.78. The van der Waals surface area contributed by atoms with Crippen LogP contribution in [-0.2, 0) is 9.53 Å². The number of rotatable bonds is 1. The molecule has 0 aromatic heterocycles. The summed E-state index contributed by atoms with van der Waals surface area (Å²) >= 11 is 0. The van der Waals surface area contributed by atoms with Crippen LogP contribution in [0.3, 0.4) is 0 Å². The molecule has 0 radical (unpaired) electrons. The molecule has 0 amide bonds. The summed E-state index contributed by atoms with van der Waals surface area (Å²) in [5, 5.41) is 18.3. The Kier molecular flexibility index (Phi) is 2.83. The average molecular weight is 172 g/mol. The number of ether oxygens (including phenoxy) is 1. The number of aliphatic hydroxyl groups is 2. The third-order valence-electron chi connectivity index (χ3n) is 1.81. The van der Waals surface area contributed by atoms with Crippen LogP contribution in [0, 0.1) is 0 Å². The Morgan fingerprint density at radius 3 is 2.83 bits per heavy atom. The van der Waals surface area contributed by atoms with Crippen molar-refractivity contribution in [3.63, 3.8) is 0 Å². The van der Waals surface area contributed by atoms with E-state index in [2.05, 4.69) is 4.74 Å². The van der Waals surface area contributed by atoms with E-state index in [9.17, 15) is 9.90 Å². The Bertz CT molecular complexity index is 209. The van der Waals surface area contributed by atoms with Gasteiger partial charge in [-0.2, -0.15) is 0 Å². The number of carbonyl (C=O) groups excluding carboxylic acids is 1. The molecule has 0 saturated carbocycles. The lowest BCUT2D eigenvalue weighted by Crippen LogP contribution is -2.25. The third-order valence-corrected chi connectivity index (χ3v) is 1.81. The lowest BCUT2D eigenvalue weighted by molar-refractivity contribution is -0.136. The number of hydrogen-bond acceptors (Lipinski definition) is 4. The normalized spacial score (nSPS) is 29.4. The number of aliphatic hydroxyl groups excluding tert-OH is 2. The van der Waals surface area contributed by atoms with Gasteiger partial charge in [0.1, 0.15) is 0 Å². The zero-order valence-electron chi connectivity index (χ0n) is 6.86. The summed E-state index contributed by atoms with van der Waals surface area (Å²) in [4.78, 5) is 10.9.